The van der Waals surface area contributed by atoms with Gasteiger partial charge >= 0.3 is 17.9 Å². The molecule has 1 fully saturated rings. The normalized spacial score (nSPS) is 12.6. The van der Waals surface area contributed by atoms with Gasteiger partial charge < -0.3 is 39.7 Å². The number of hydrogen-bond donors (Lipinski definition) is 3. The van der Waals surface area contributed by atoms with E-state index in [1.165, 1.54) is 44.9 Å². The molecule has 1 saturated heterocycles. The van der Waals surface area contributed by atoms with Crippen LogP contribution in [-0.2, 0) is 75.4 Å². The number of nitrogens with zero attached hydrogens (tertiary/aromatic N) is 1. The second kappa shape index (κ2) is 34.6. The summed E-state index contributed by atoms with van der Waals surface area (Å²) in [7, 11) is 0. The zero-order chi connectivity index (χ0) is 47.5. The number of nitrogens with one attached hydrogen (secondary N) is 3. The van der Waals surface area contributed by atoms with Crippen LogP contribution in [0.3, 0.4) is 0 Å². The van der Waals surface area contributed by atoms with Crippen LogP contribution in [-0.4, -0.2) is 98.1 Å². The maximum absolute atomic E-state index is 13.0. The Labute approximate surface area is 388 Å². The molecule has 2 aromatic carbocycles. The fourth-order valence-electron chi connectivity index (χ4n) is 6.88. The van der Waals surface area contributed by atoms with Gasteiger partial charge in [0.1, 0.15) is 32.5 Å². The number of hydrogen-bond acceptors (Lipinski definition) is 13. The Balaban J connectivity index is 1.17. The number of imide groups is 1. The van der Waals surface area contributed by atoms with Crippen molar-refractivity contribution in [2.45, 2.75) is 148 Å². The van der Waals surface area contributed by atoms with Crippen LogP contribution in [0.2, 0.25) is 0 Å². The molecule has 0 saturated carbocycles. The van der Waals surface area contributed by atoms with Crippen LogP contribution in [0.4, 0.5) is 0 Å². The molecule has 1 heterocycles. The largest absolute Gasteiger partial charge is 0.461 e. The highest BCUT2D eigenvalue weighted by Crippen LogP contribution is 2.15. The molecule has 1 aliphatic heterocycles. The maximum Gasteiger partial charge on any atom is 0.358 e. The van der Waals surface area contributed by atoms with E-state index in [4.69, 9.17) is 18.9 Å². The lowest BCUT2D eigenvalue weighted by Crippen LogP contribution is -2.42. The SMILES string of the molecule is O=C(CC[C@H](NC(=O)CCCCCCCCCCCCCCCCC(=O)OCc1ccccc1)C(=O)OCc1ccccc1)NCCOCC(=O)NCCOCC(=O)ON1C(=O)CCC1=O. The molecular formula is C49H70N4O13. The highest BCUT2D eigenvalue weighted by atomic mass is 16.7. The van der Waals surface area contributed by atoms with E-state index in [-0.39, 0.29) is 89.4 Å². The van der Waals surface area contributed by atoms with Crippen molar-refractivity contribution >= 4 is 47.4 Å². The minimum Gasteiger partial charge on any atom is -0.461 e. The molecule has 1 atom stereocenters. The van der Waals surface area contributed by atoms with E-state index < -0.39 is 42.3 Å². The Morgan fingerprint density at radius 1 is 0.515 bits per heavy atom. The number of carbonyl (C=O) groups excluding carboxylic acids is 8. The standard InChI is InChI=1S/C49H70N4O13/c54-42(50-31-33-62-37-44(56)51-32-34-63-38-48(60)66-53-45(57)29-30-46(53)58)28-27-41(49(61)65-36-40-23-17-14-18-24-40)52-43(55)25-19-11-9-7-5-3-1-2-4-6-8-10-12-20-26-47(59)64-35-39-21-15-13-16-22-39/h13-18,21-24,41H,1-12,19-20,25-38H2,(H,50,54)(H,51,56)(H,52,55)/t41-/m0/s1. The van der Waals surface area contributed by atoms with Gasteiger partial charge in [-0.25, -0.2) is 9.59 Å². The van der Waals surface area contributed by atoms with Gasteiger partial charge in [-0.1, -0.05) is 138 Å². The summed E-state index contributed by atoms with van der Waals surface area (Å²) in [6, 6.07) is 17.9. The first kappa shape index (κ1) is 54.7. The van der Waals surface area contributed by atoms with Gasteiger partial charge in [-0.05, 0) is 30.4 Å². The van der Waals surface area contributed by atoms with E-state index >= 15 is 0 Å². The summed E-state index contributed by atoms with van der Waals surface area (Å²) in [5.74, 6) is -3.95. The van der Waals surface area contributed by atoms with Crippen LogP contribution in [0, 0.1) is 0 Å². The van der Waals surface area contributed by atoms with Crippen LogP contribution < -0.4 is 16.0 Å². The summed E-state index contributed by atoms with van der Waals surface area (Å²) < 4.78 is 21.2. The first-order valence-corrected chi connectivity index (χ1v) is 23.6. The Morgan fingerprint density at radius 3 is 1.53 bits per heavy atom. The predicted octanol–water partition coefficient (Wildman–Crippen LogP) is 5.85. The Morgan fingerprint density at radius 2 is 0.985 bits per heavy atom. The molecule has 0 aromatic heterocycles. The smallest absolute Gasteiger partial charge is 0.358 e. The average molecular weight is 923 g/mol. The summed E-state index contributed by atoms with van der Waals surface area (Å²) in [5.41, 5.74) is 1.80. The number of benzene rings is 2. The highest BCUT2D eigenvalue weighted by molar-refractivity contribution is 6.01. The fraction of sp³-hybridized carbons (Fsp3) is 0.592. The van der Waals surface area contributed by atoms with E-state index in [0.717, 1.165) is 49.7 Å². The summed E-state index contributed by atoms with van der Waals surface area (Å²) in [4.78, 5) is 102. The van der Waals surface area contributed by atoms with Crippen LogP contribution in [0.1, 0.15) is 140 Å². The lowest BCUT2D eigenvalue weighted by Gasteiger charge is -2.18. The van der Waals surface area contributed by atoms with E-state index in [1.807, 2.05) is 60.7 Å². The van der Waals surface area contributed by atoms with Crippen molar-refractivity contribution in [2.24, 2.45) is 0 Å². The van der Waals surface area contributed by atoms with Crippen LogP contribution in [0.25, 0.3) is 0 Å². The molecular weight excluding hydrogens is 853 g/mol. The van der Waals surface area contributed by atoms with E-state index in [0.29, 0.717) is 24.5 Å². The molecule has 17 heteroatoms. The molecule has 0 radical (unpaired) electrons. The van der Waals surface area contributed by atoms with Gasteiger partial charge in [0, 0.05) is 45.2 Å². The van der Waals surface area contributed by atoms with Gasteiger partial charge in [-0.15, -0.1) is 5.06 Å². The van der Waals surface area contributed by atoms with E-state index in [9.17, 15) is 38.4 Å². The minimum atomic E-state index is -0.999. The molecule has 3 rings (SSSR count). The Hall–Kier alpha value is -5.68. The molecule has 0 aliphatic carbocycles. The average Bonchev–Trinajstić information content (AvgIpc) is 3.63. The van der Waals surface area contributed by atoms with Crippen molar-refractivity contribution in [3.8, 4) is 0 Å². The van der Waals surface area contributed by atoms with Gasteiger partial charge in [-0.3, -0.25) is 28.8 Å². The summed E-state index contributed by atoms with van der Waals surface area (Å²) in [5, 5.41) is 8.40. The summed E-state index contributed by atoms with van der Waals surface area (Å²) in [6.07, 6.45) is 16.0. The minimum absolute atomic E-state index is 0.0174. The third kappa shape index (κ3) is 26.3. The van der Waals surface area contributed by atoms with Crippen molar-refractivity contribution in [2.75, 3.05) is 39.5 Å². The van der Waals surface area contributed by atoms with Crippen LogP contribution in [0.5, 0.6) is 0 Å². The van der Waals surface area contributed by atoms with Gasteiger partial charge in [0.05, 0.1) is 13.2 Å². The number of rotatable bonds is 37. The van der Waals surface area contributed by atoms with E-state index in [1.54, 1.807) is 0 Å². The molecule has 0 bridgehead atoms. The maximum atomic E-state index is 13.0. The topological polar surface area (TPSA) is 222 Å². The second-order valence-electron chi connectivity index (χ2n) is 16.2. The molecule has 0 spiro atoms. The summed E-state index contributed by atoms with van der Waals surface area (Å²) >= 11 is 0. The number of carbonyl (C=O) groups is 8. The zero-order valence-electron chi connectivity index (χ0n) is 38.4. The predicted molar refractivity (Wildman–Crippen MR) is 242 cm³/mol. The molecule has 2 aromatic rings. The number of amides is 5. The third-order valence-corrected chi connectivity index (χ3v) is 10.6. The van der Waals surface area contributed by atoms with E-state index in [2.05, 4.69) is 20.8 Å². The van der Waals surface area contributed by atoms with Crippen molar-refractivity contribution in [3.63, 3.8) is 0 Å². The van der Waals surface area contributed by atoms with Crippen LogP contribution in [0.15, 0.2) is 60.7 Å². The molecule has 5 amide bonds. The molecule has 17 nitrogen and oxygen atoms in total. The third-order valence-electron chi connectivity index (χ3n) is 10.6. The number of ether oxygens (including phenoxy) is 4. The van der Waals surface area contributed by atoms with Gasteiger partial charge in [0.2, 0.25) is 17.7 Å². The number of esters is 2. The zero-order valence-corrected chi connectivity index (χ0v) is 38.4. The molecule has 66 heavy (non-hydrogen) atoms. The Bertz CT molecular complexity index is 1750. The molecule has 1 aliphatic rings. The summed E-state index contributed by atoms with van der Waals surface area (Å²) in [6.45, 7) is -0.270. The number of hydroxylamine groups is 2. The van der Waals surface area contributed by atoms with Crippen molar-refractivity contribution in [3.05, 3.63) is 71.8 Å². The highest BCUT2D eigenvalue weighted by Gasteiger charge is 2.32. The van der Waals surface area contributed by atoms with Gasteiger partial charge in [0.25, 0.3) is 11.8 Å². The van der Waals surface area contributed by atoms with Crippen LogP contribution >= 0.6 is 0 Å². The molecule has 3 N–H and O–H groups in total. The second-order valence-corrected chi connectivity index (χ2v) is 16.2. The van der Waals surface area contributed by atoms with Crippen molar-refractivity contribution in [1.82, 2.24) is 21.0 Å². The molecule has 0 unspecified atom stereocenters. The fourth-order valence-corrected chi connectivity index (χ4v) is 6.88. The monoisotopic (exact) mass is 922 g/mol. The molecule has 364 valence electrons. The first-order valence-electron chi connectivity index (χ1n) is 23.6. The quantitative estimate of drug-likeness (QED) is 0.0412. The van der Waals surface area contributed by atoms with Gasteiger partial charge in [0.15, 0.2) is 0 Å². The first-order chi connectivity index (χ1) is 32.1. The van der Waals surface area contributed by atoms with Crippen molar-refractivity contribution < 1.29 is 62.1 Å². The van der Waals surface area contributed by atoms with Crippen molar-refractivity contribution in [1.29, 1.82) is 0 Å². The number of unbranched alkanes of at least 4 members (excludes halogenated alkanes) is 13. The Kier molecular flexibility index (Phi) is 28.7. The lowest BCUT2D eigenvalue weighted by molar-refractivity contribution is -0.200. The lowest BCUT2D eigenvalue weighted by atomic mass is 10.0. The van der Waals surface area contributed by atoms with Gasteiger partial charge in [-0.2, -0.15) is 0 Å².